The van der Waals surface area contributed by atoms with Crippen LogP contribution in [0.3, 0.4) is 0 Å². The average molecular weight is 143 g/mol. The fourth-order valence-electron chi connectivity index (χ4n) is 1.14. The highest BCUT2D eigenvalue weighted by atomic mass is 15.2. The van der Waals surface area contributed by atoms with Gasteiger partial charge in [-0.15, -0.1) is 5.10 Å². The van der Waals surface area contributed by atoms with E-state index in [2.05, 4.69) is 16.8 Å². The van der Waals surface area contributed by atoms with E-state index in [0.717, 1.165) is 17.0 Å². The van der Waals surface area contributed by atoms with Crippen LogP contribution in [0.4, 0.5) is 0 Å². The largest absolute Gasteiger partial charge is 0.420 e. The summed E-state index contributed by atoms with van der Waals surface area (Å²) in [6.07, 6.45) is 1.66. The van der Waals surface area contributed by atoms with Crippen LogP contribution in [0.1, 0.15) is 11.3 Å². The van der Waals surface area contributed by atoms with Crippen LogP contribution in [0.2, 0.25) is 0 Å². The maximum absolute atomic E-state index is 5.59. The van der Waals surface area contributed by atoms with Crippen molar-refractivity contribution < 1.29 is 0 Å². The van der Waals surface area contributed by atoms with Crippen molar-refractivity contribution in [3.8, 4) is 0 Å². The van der Waals surface area contributed by atoms with E-state index in [0.29, 0.717) is 6.54 Å². The Bertz CT molecular complexity index is 310. The molecule has 1 aliphatic heterocycles. The zero-order valence-corrected chi connectivity index (χ0v) is 5.99. The van der Waals surface area contributed by atoms with Crippen molar-refractivity contribution in [2.24, 2.45) is 0 Å². The zero-order valence-electron chi connectivity index (χ0n) is 5.99. The zero-order chi connectivity index (χ0) is 7.84. The Labute approximate surface area is 66.2 Å². The molecule has 1 aliphatic rings. The van der Waals surface area contributed by atoms with E-state index in [4.69, 9.17) is 7.98 Å². The molecule has 0 fully saturated rings. The van der Waals surface area contributed by atoms with E-state index in [1.807, 2.05) is 6.07 Å². The fraction of sp³-hybridized carbons (Fsp3) is 0.143. The Morgan fingerprint density at radius 3 is 3.18 bits per heavy atom. The van der Waals surface area contributed by atoms with Gasteiger partial charge >= 0.3 is 0 Å². The van der Waals surface area contributed by atoms with Gasteiger partial charge in [-0.2, -0.15) is 5.10 Å². The van der Waals surface area contributed by atoms with Gasteiger partial charge in [-0.05, 0) is 6.07 Å². The molecule has 2 rings (SSSR count). The molecule has 0 atom stereocenters. The minimum absolute atomic E-state index is 0.684. The second-order valence-electron chi connectivity index (χ2n) is 2.48. The number of hydrogen-bond donors (Lipinski definition) is 0. The molecule has 0 bridgehead atoms. The molecule has 3 nitrogen and oxygen atoms in total. The second-order valence-corrected chi connectivity index (χ2v) is 2.48. The standard InChI is InChI=1S/C7H6BN3/c1-5-7-6(4-11(5)8)2-3-9-10-7/h2-3H,1,4H2. The van der Waals surface area contributed by atoms with Gasteiger partial charge in [0, 0.05) is 24.0 Å². The molecule has 0 saturated carbocycles. The maximum Gasteiger partial charge on any atom is 0.227 e. The lowest BCUT2D eigenvalue weighted by atomic mass is 10.2. The Morgan fingerprint density at radius 2 is 2.45 bits per heavy atom. The van der Waals surface area contributed by atoms with Gasteiger partial charge in [0.2, 0.25) is 7.98 Å². The van der Waals surface area contributed by atoms with Crippen molar-refractivity contribution in [1.82, 2.24) is 15.0 Å². The molecule has 0 saturated heterocycles. The third-order valence-electron chi connectivity index (χ3n) is 1.77. The molecule has 0 N–H and O–H groups in total. The number of aromatic nitrogens is 2. The molecule has 2 radical (unpaired) electrons. The second kappa shape index (κ2) is 2.08. The molecule has 0 amide bonds. The van der Waals surface area contributed by atoms with E-state index in [1.54, 1.807) is 11.0 Å². The number of fused-ring (bicyclic) bond motifs is 1. The van der Waals surface area contributed by atoms with Gasteiger partial charge < -0.3 is 4.81 Å². The van der Waals surface area contributed by atoms with Crippen LogP contribution in [0.15, 0.2) is 18.8 Å². The number of hydrogen-bond acceptors (Lipinski definition) is 3. The van der Waals surface area contributed by atoms with E-state index < -0.39 is 0 Å². The average Bonchev–Trinajstić information content (AvgIpc) is 2.30. The van der Waals surface area contributed by atoms with Crippen molar-refractivity contribution >= 4 is 13.7 Å². The monoisotopic (exact) mass is 143 g/mol. The summed E-state index contributed by atoms with van der Waals surface area (Å²) in [7, 11) is 5.59. The normalized spacial score (nSPS) is 15.3. The predicted molar refractivity (Wildman–Crippen MR) is 42.4 cm³/mol. The first-order valence-electron chi connectivity index (χ1n) is 3.31. The van der Waals surface area contributed by atoms with Crippen LogP contribution < -0.4 is 0 Å². The van der Waals surface area contributed by atoms with Crippen molar-refractivity contribution in [3.63, 3.8) is 0 Å². The SMILES string of the molecule is [B]N1Cc2ccnnc2C1=C. The Balaban J connectivity index is 2.55. The molecule has 2 heterocycles. The summed E-state index contributed by atoms with van der Waals surface area (Å²) >= 11 is 0. The van der Waals surface area contributed by atoms with Crippen LogP contribution >= 0.6 is 0 Å². The molecule has 0 spiro atoms. The van der Waals surface area contributed by atoms with Gasteiger partial charge in [-0.25, -0.2) is 0 Å². The summed E-state index contributed by atoms with van der Waals surface area (Å²) < 4.78 is 0. The molecule has 11 heavy (non-hydrogen) atoms. The lowest BCUT2D eigenvalue weighted by molar-refractivity contribution is 0.659. The number of rotatable bonds is 0. The summed E-state index contributed by atoms with van der Waals surface area (Å²) in [6.45, 7) is 4.46. The van der Waals surface area contributed by atoms with E-state index in [-0.39, 0.29) is 0 Å². The van der Waals surface area contributed by atoms with Crippen molar-refractivity contribution in [3.05, 3.63) is 30.1 Å². The molecule has 1 aromatic heterocycles. The Hall–Kier alpha value is -1.32. The van der Waals surface area contributed by atoms with Crippen LogP contribution in [0, 0.1) is 0 Å². The molecule has 1 aromatic rings. The van der Waals surface area contributed by atoms with Crippen LogP contribution in [0.5, 0.6) is 0 Å². The molecule has 0 unspecified atom stereocenters. The summed E-state index contributed by atoms with van der Waals surface area (Å²) in [5.41, 5.74) is 2.65. The summed E-state index contributed by atoms with van der Waals surface area (Å²) in [5, 5.41) is 7.67. The summed E-state index contributed by atoms with van der Waals surface area (Å²) in [5.74, 6) is 0. The first-order chi connectivity index (χ1) is 5.29. The quantitative estimate of drug-likeness (QED) is 0.490. The Kier molecular flexibility index (Phi) is 1.21. The van der Waals surface area contributed by atoms with E-state index >= 15 is 0 Å². The molecule has 0 aliphatic carbocycles. The summed E-state index contributed by atoms with van der Waals surface area (Å²) in [4.78, 5) is 1.57. The van der Waals surface area contributed by atoms with Crippen LogP contribution in [0.25, 0.3) is 5.70 Å². The third-order valence-corrected chi connectivity index (χ3v) is 1.77. The minimum Gasteiger partial charge on any atom is -0.420 e. The maximum atomic E-state index is 5.59. The molecule has 52 valence electrons. The fourth-order valence-corrected chi connectivity index (χ4v) is 1.14. The van der Waals surface area contributed by atoms with Gasteiger partial charge in [0.25, 0.3) is 0 Å². The van der Waals surface area contributed by atoms with Gasteiger partial charge in [0.1, 0.15) is 5.69 Å². The highest BCUT2D eigenvalue weighted by Gasteiger charge is 2.19. The lowest BCUT2D eigenvalue weighted by Gasteiger charge is -2.09. The van der Waals surface area contributed by atoms with Gasteiger partial charge in [0.05, 0.1) is 0 Å². The first-order valence-corrected chi connectivity index (χ1v) is 3.31. The van der Waals surface area contributed by atoms with Crippen molar-refractivity contribution in [1.29, 1.82) is 0 Å². The van der Waals surface area contributed by atoms with Crippen molar-refractivity contribution in [2.45, 2.75) is 6.54 Å². The van der Waals surface area contributed by atoms with Crippen LogP contribution in [-0.2, 0) is 6.54 Å². The number of nitrogens with zero attached hydrogens (tertiary/aromatic N) is 3. The molecular weight excluding hydrogens is 137 g/mol. The smallest absolute Gasteiger partial charge is 0.227 e. The minimum atomic E-state index is 0.684. The van der Waals surface area contributed by atoms with E-state index in [9.17, 15) is 0 Å². The van der Waals surface area contributed by atoms with E-state index in [1.165, 1.54) is 0 Å². The van der Waals surface area contributed by atoms with Gasteiger partial charge in [0.15, 0.2) is 0 Å². The van der Waals surface area contributed by atoms with Crippen molar-refractivity contribution in [2.75, 3.05) is 0 Å². The van der Waals surface area contributed by atoms with Crippen LogP contribution in [-0.4, -0.2) is 23.0 Å². The highest BCUT2D eigenvalue weighted by Crippen LogP contribution is 2.25. The Morgan fingerprint density at radius 1 is 1.64 bits per heavy atom. The molecular formula is C7H6BN3. The highest BCUT2D eigenvalue weighted by molar-refractivity contribution is 6.10. The van der Waals surface area contributed by atoms with Gasteiger partial charge in [-0.3, -0.25) is 0 Å². The topological polar surface area (TPSA) is 29.0 Å². The summed E-state index contributed by atoms with van der Waals surface area (Å²) in [6, 6.07) is 1.90. The predicted octanol–water partition coefficient (Wildman–Crippen LogP) is 0.346. The molecule has 4 heteroatoms. The van der Waals surface area contributed by atoms with Gasteiger partial charge in [-0.1, -0.05) is 6.58 Å². The third kappa shape index (κ3) is 0.825. The lowest BCUT2D eigenvalue weighted by Crippen LogP contribution is -2.08. The molecule has 0 aromatic carbocycles. The first kappa shape index (κ1) is 6.40.